The van der Waals surface area contributed by atoms with Crippen molar-refractivity contribution in [3.63, 3.8) is 0 Å². The summed E-state index contributed by atoms with van der Waals surface area (Å²) in [5, 5.41) is 7.51. The SMILES string of the molecule is O=[SH]1(N2CCNC2)NN=C2N=CN=C21. The van der Waals surface area contributed by atoms with Crippen LogP contribution in [0.5, 0.6) is 0 Å². The van der Waals surface area contributed by atoms with Crippen molar-refractivity contribution in [3.05, 3.63) is 0 Å². The van der Waals surface area contributed by atoms with Crippen LogP contribution in [-0.2, 0) is 10.3 Å². The molecule has 1 fully saturated rings. The van der Waals surface area contributed by atoms with Gasteiger partial charge in [-0.15, -0.1) is 5.10 Å². The maximum Gasteiger partial charge on any atom is 0.210 e. The van der Waals surface area contributed by atoms with Gasteiger partial charge in [0, 0.05) is 13.1 Å². The molecule has 1 saturated heterocycles. The molecule has 0 bridgehead atoms. The normalized spacial score (nSPS) is 30.9. The van der Waals surface area contributed by atoms with Crippen molar-refractivity contribution in [3.8, 4) is 0 Å². The van der Waals surface area contributed by atoms with E-state index in [0.717, 1.165) is 13.1 Å². The van der Waals surface area contributed by atoms with Crippen molar-refractivity contribution in [1.29, 1.82) is 0 Å². The lowest BCUT2D eigenvalue weighted by Crippen LogP contribution is -2.46. The minimum Gasteiger partial charge on any atom is -0.302 e. The summed E-state index contributed by atoms with van der Waals surface area (Å²) < 4.78 is 14.3. The van der Waals surface area contributed by atoms with Crippen molar-refractivity contribution in [2.45, 2.75) is 0 Å². The van der Waals surface area contributed by atoms with Crippen LogP contribution in [0.25, 0.3) is 0 Å². The van der Waals surface area contributed by atoms with E-state index >= 15 is 0 Å². The van der Waals surface area contributed by atoms with Crippen LogP contribution in [0.2, 0.25) is 0 Å². The summed E-state index contributed by atoms with van der Waals surface area (Å²) in [6.07, 6.45) is 1.39. The summed E-state index contributed by atoms with van der Waals surface area (Å²) in [7, 11) is -2.78. The smallest absolute Gasteiger partial charge is 0.210 e. The van der Waals surface area contributed by atoms with Crippen LogP contribution in [0, 0.1) is 0 Å². The van der Waals surface area contributed by atoms with E-state index in [2.05, 4.69) is 25.2 Å². The Morgan fingerprint density at radius 1 is 1.57 bits per heavy atom. The molecule has 8 heteroatoms. The minimum absolute atomic E-state index is 0.459. The van der Waals surface area contributed by atoms with Crippen LogP contribution >= 0.6 is 0 Å². The minimum atomic E-state index is -2.78. The molecular formula is C6H10N6OS. The van der Waals surface area contributed by atoms with Crippen molar-refractivity contribution < 1.29 is 4.21 Å². The third-order valence-corrected chi connectivity index (χ3v) is 4.78. The fraction of sp³-hybridized carbons (Fsp3) is 0.500. The van der Waals surface area contributed by atoms with Gasteiger partial charge in [-0.2, -0.15) is 0 Å². The molecule has 0 aromatic heterocycles. The molecule has 0 amide bonds. The third-order valence-electron chi connectivity index (χ3n) is 2.38. The highest BCUT2D eigenvalue weighted by Gasteiger charge is 2.39. The molecule has 0 aromatic carbocycles. The molecule has 76 valence electrons. The zero-order valence-electron chi connectivity index (χ0n) is 7.34. The average Bonchev–Trinajstić information content (AvgIpc) is 2.84. The number of aliphatic imine (C=N–C) groups is 2. The molecule has 3 rings (SSSR count). The summed E-state index contributed by atoms with van der Waals surface area (Å²) in [6, 6.07) is 0. The molecule has 3 heterocycles. The maximum absolute atomic E-state index is 12.5. The van der Waals surface area contributed by atoms with Gasteiger partial charge in [0.2, 0.25) is 5.84 Å². The van der Waals surface area contributed by atoms with E-state index in [9.17, 15) is 4.21 Å². The largest absolute Gasteiger partial charge is 0.302 e. The Hall–Kier alpha value is -1.12. The second-order valence-corrected chi connectivity index (χ2v) is 5.54. The molecular weight excluding hydrogens is 204 g/mol. The molecule has 0 aliphatic carbocycles. The summed E-state index contributed by atoms with van der Waals surface area (Å²) in [6.45, 7) is 2.19. The van der Waals surface area contributed by atoms with Gasteiger partial charge >= 0.3 is 0 Å². The molecule has 3 aliphatic heterocycles. The second kappa shape index (κ2) is 2.69. The Morgan fingerprint density at radius 2 is 2.50 bits per heavy atom. The first-order valence-electron chi connectivity index (χ1n) is 4.33. The molecule has 0 unspecified atom stereocenters. The van der Waals surface area contributed by atoms with Crippen molar-refractivity contribution in [2.24, 2.45) is 15.1 Å². The van der Waals surface area contributed by atoms with Gasteiger partial charge in [-0.1, -0.05) is 0 Å². The fourth-order valence-electron chi connectivity index (χ4n) is 1.64. The van der Waals surface area contributed by atoms with E-state index in [1.54, 1.807) is 0 Å². The Morgan fingerprint density at radius 3 is 3.29 bits per heavy atom. The highest BCUT2D eigenvalue weighted by molar-refractivity contribution is 8.15. The van der Waals surface area contributed by atoms with Crippen molar-refractivity contribution in [1.82, 2.24) is 14.5 Å². The van der Waals surface area contributed by atoms with Crippen LogP contribution in [0.15, 0.2) is 15.1 Å². The van der Waals surface area contributed by atoms with E-state index < -0.39 is 10.3 Å². The molecule has 7 nitrogen and oxygen atoms in total. The number of nitrogens with one attached hydrogen (secondary N) is 2. The van der Waals surface area contributed by atoms with Gasteiger partial charge in [0.1, 0.15) is 6.34 Å². The van der Waals surface area contributed by atoms with Crippen LogP contribution in [-0.4, -0.2) is 45.5 Å². The first-order chi connectivity index (χ1) is 6.81. The first-order valence-corrected chi connectivity index (χ1v) is 5.99. The summed E-state index contributed by atoms with van der Waals surface area (Å²) in [5.41, 5.74) is 0. The van der Waals surface area contributed by atoms with Gasteiger partial charge in [-0.25, -0.2) is 23.3 Å². The first kappa shape index (κ1) is 8.21. The van der Waals surface area contributed by atoms with Gasteiger partial charge in [0.05, 0.1) is 17.0 Å². The molecule has 0 atom stereocenters. The number of nitrogens with zero attached hydrogens (tertiary/aromatic N) is 4. The van der Waals surface area contributed by atoms with Crippen molar-refractivity contribution >= 4 is 27.5 Å². The number of amidine groups is 1. The van der Waals surface area contributed by atoms with Crippen LogP contribution in [0.4, 0.5) is 0 Å². The van der Waals surface area contributed by atoms with E-state index in [0.29, 0.717) is 17.5 Å². The van der Waals surface area contributed by atoms with Crippen LogP contribution in [0.3, 0.4) is 0 Å². The Balaban J connectivity index is 1.96. The number of rotatable bonds is 1. The maximum atomic E-state index is 12.5. The molecule has 14 heavy (non-hydrogen) atoms. The van der Waals surface area contributed by atoms with Gasteiger partial charge in [0.15, 0.2) is 5.04 Å². The zero-order valence-corrected chi connectivity index (χ0v) is 8.24. The average molecular weight is 214 g/mol. The molecule has 0 spiro atoms. The predicted octanol–water partition coefficient (Wildman–Crippen LogP) is -1.95. The number of fused-ring (bicyclic) bond motifs is 1. The lowest BCUT2D eigenvalue weighted by atomic mass is 10.7. The lowest BCUT2D eigenvalue weighted by Gasteiger charge is -2.27. The lowest BCUT2D eigenvalue weighted by molar-refractivity contribution is 0.515. The summed E-state index contributed by atoms with van der Waals surface area (Å²) in [5.74, 6) is 0.459. The molecule has 3 aliphatic rings. The van der Waals surface area contributed by atoms with Crippen LogP contribution in [0.1, 0.15) is 0 Å². The predicted molar refractivity (Wildman–Crippen MR) is 55.6 cm³/mol. The monoisotopic (exact) mass is 214 g/mol. The molecule has 0 radical (unpaired) electrons. The number of thiol groups is 1. The second-order valence-electron chi connectivity index (χ2n) is 3.20. The number of hydrogen-bond acceptors (Lipinski definition) is 5. The third kappa shape index (κ3) is 0.925. The van der Waals surface area contributed by atoms with Gasteiger partial charge in [0.25, 0.3) is 0 Å². The Labute approximate surface area is 81.7 Å². The van der Waals surface area contributed by atoms with Gasteiger partial charge in [-0.05, 0) is 0 Å². The number of hydrazone groups is 1. The van der Waals surface area contributed by atoms with E-state index in [4.69, 9.17) is 0 Å². The molecule has 2 N–H and O–H groups in total. The van der Waals surface area contributed by atoms with Gasteiger partial charge in [-0.3, -0.25) is 0 Å². The zero-order chi connectivity index (χ0) is 9.60. The Kier molecular flexibility index (Phi) is 1.58. The molecule has 0 aromatic rings. The highest BCUT2D eigenvalue weighted by Crippen LogP contribution is 2.20. The van der Waals surface area contributed by atoms with E-state index in [1.165, 1.54) is 6.34 Å². The van der Waals surface area contributed by atoms with Crippen molar-refractivity contribution in [2.75, 3.05) is 19.8 Å². The van der Waals surface area contributed by atoms with Gasteiger partial charge < -0.3 is 5.32 Å². The Bertz CT molecular complexity index is 407. The topological polar surface area (TPSA) is 81.5 Å². The van der Waals surface area contributed by atoms with E-state index in [-0.39, 0.29) is 0 Å². The fourth-order valence-corrected chi connectivity index (χ4v) is 3.63. The molecule has 0 saturated carbocycles. The highest BCUT2D eigenvalue weighted by atomic mass is 32.3. The summed E-state index contributed by atoms with van der Waals surface area (Å²) in [4.78, 5) is 10.6. The quantitative estimate of drug-likeness (QED) is 0.444. The summed E-state index contributed by atoms with van der Waals surface area (Å²) >= 11 is 0. The number of hydrogen-bond donors (Lipinski definition) is 3. The van der Waals surface area contributed by atoms with Crippen LogP contribution < -0.4 is 10.1 Å². The van der Waals surface area contributed by atoms with E-state index in [1.807, 2.05) is 4.31 Å². The standard InChI is InChI=1S/C6H10N6OS/c13-14(12-2-1-7-4-12)6-5(10-11-14)8-3-9-6/h3,7,14H,1-2,4H2,(H,11,13).